The van der Waals surface area contributed by atoms with Gasteiger partial charge in [-0.2, -0.15) is 0 Å². The second kappa shape index (κ2) is 9.89. The summed E-state index contributed by atoms with van der Waals surface area (Å²) < 4.78 is 10.3. The fraction of sp³-hybridized carbons (Fsp3) is 0.833. The quantitative estimate of drug-likeness (QED) is 0.636. The van der Waals surface area contributed by atoms with E-state index in [4.69, 9.17) is 9.47 Å². The zero-order chi connectivity index (χ0) is 19.9. The number of amides is 3. The van der Waals surface area contributed by atoms with E-state index in [0.29, 0.717) is 39.3 Å². The SMILES string of the molecule is CCOC(=O)N1CCN(C(=O)C(C)(C)C(=O)NCCN2CCOCC2)CC1. The molecule has 9 heteroatoms. The predicted octanol–water partition coefficient (Wildman–Crippen LogP) is -0.238. The minimum Gasteiger partial charge on any atom is -0.450 e. The van der Waals surface area contributed by atoms with Crippen molar-refractivity contribution in [2.75, 3.05) is 72.2 Å². The van der Waals surface area contributed by atoms with Gasteiger partial charge in [0.15, 0.2) is 0 Å². The minimum absolute atomic E-state index is 0.213. The Morgan fingerprint density at radius 2 is 1.59 bits per heavy atom. The van der Waals surface area contributed by atoms with Crippen LogP contribution in [-0.2, 0) is 19.1 Å². The molecule has 154 valence electrons. The first kappa shape index (κ1) is 21.4. The molecule has 0 aromatic heterocycles. The summed E-state index contributed by atoms with van der Waals surface area (Å²) in [6, 6.07) is 0. The van der Waals surface area contributed by atoms with E-state index in [9.17, 15) is 14.4 Å². The van der Waals surface area contributed by atoms with Gasteiger partial charge in [-0.1, -0.05) is 0 Å². The number of hydrogen-bond donors (Lipinski definition) is 1. The van der Waals surface area contributed by atoms with E-state index in [1.165, 1.54) is 0 Å². The number of ether oxygens (including phenoxy) is 2. The highest BCUT2D eigenvalue weighted by atomic mass is 16.6. The van der Waals surface area contributed by atoms with Crippen molar-refractivity contribution in [1.29, 1.82) is 0 Å². The summed E-state index contributed by atoms with van der Waals surface area (Å²) in [7, 11) is 0. The van der Waals surface area contributed by atoms with Crippen molar-refractivity contribution in [3.63, 3.8) is 0 Å². The third-order valence-electron chi connectivity index (χ3n) is 5.01. The van der Waals surface area contributed by atoms with Crippen LogP contribution in [0.1, 0.15) is 20.8 Å². The van der Waals surface area contributed by atoms with Crippen LogP contribution < -0.4 is 5.32 Å². The Morgan fingerprint density at radius 1 is 1.00 bits per heavy atom. The second-order valence-corrected chi connectivity index (χ2v) is 7.31. The van der Waals surface area contributed by atoms with Gasteiger partial charge in [0, 0.05) is 52.4 Å². The molecule has 9 nitrogen and oxygen atoms in total. The number of carbonyl (C=O) groups excluding carboxylic acids is 3. The van der Waals surface area contributed by atoms with E-state index in [1.807, 2.05) is 0 Å². The molecule has 2 heterocycles. The summed E-state index contributed by atoms with van der Waals surface area (Å²) in [5.41, 5.74) is -1.14. The largest absolute Gasteiger partial charge is 0.450 e. The molecule has 0 aromatic carbocycles. The highest BCUT2D eigenvalue weighted by molar-refractivity contribution is 6.04. The van der Waals surface area contributed by atoms with Crippen molar-refractivity contribution in [3.05, 3.63) is 0 Å². The van der Waals surface area contributed by atoms with Crippen molar-refractivity contribution in [2.45, 2.75) is 20.8 Å². The smallest absolute Gasteiger partial charge is 0.409 e. The number of rotatable bonds is 6. The molecule has 0 unspecified atom stereocenters. The Balaban J connectivity index is 1.78. The lowest BCUT2D eigenvalue weighted by Gasteiger charge is -2.37. The molecule has 0 aliphatic carbocycles. The molecule has 2 aliphatic heterocycles. The summed E-state index contributed by atoms with van der Waals surface area (Å²) in [5, 5.41) is 2.88. The maximum Gasteiger partial charge on any atom is 0.409 e. The Kier molecular flexibility index (Phi) is 7.85. The van der Waals surface area contributed by atoms with Crippen LogP contribution >= 0.6 is 0 Å². The van der Waals surface area contributed by atoms with Gasteiger partial charge in [0.1, 0.15) is 5.41 Å². The van der Waals surface area contributed by atoms with Crippen LogP contribution in [0, 0.1) is 5.41 Å². The lowest BCUT2D eigenvalue weighted by molar-refractivity contribution is -0.149. The third kappa shape index (κ3) is 5.80. The molecule has 2 fully saturated rings. The maximum absolute atomic E-state index is 12.8. The predicted molar refractivity (Wildman–Crippen MR) is 99.2 cm³/mol. The van der Waals surface area contributed by atoms with Crippen molar-refractivity contribution >= 4 is 17.9 Å². The molecule has 0 radical (unpaired) electrons. The molecule has 2 aliphatic rings. The molecule has 0 saturated carbocycles. The molecule has 27 heavy (non-hydrogen) atoms. The fourth-order valence-corrected chi connectivity index (χ4v) is 3.17. The van der Waals surface area contributed by atoms with Gasteiger partial charge in [0.25, 0.3) is 0 Å². The highest BCUT2D eigenvalue weighted by Crippen LogP contribution is 2.20. The van der Waals surface area contributed by atoms with Gasteiger partial charge in [-0.25, -0.2) is 4.79 Å². The number of piperazine rings is 1. The number of hydrogen-bond acceptors (Lipinski definition) is 6. The number of nitrogens with one attached hydrogen (secondary N) is 1. The monoisotopic (exact) mass is 384 g/mol. The molecule has 2 rings (SSSR count). The zero-order valence-corrected chi connectivity index (χ0v) is 16.7. The molecule has 0 spiro atoms. The van der Waals surface area contributed by atoms with Gasteiger partial charge >= 0.3 is 6.09 Å². The average molecular weight is 384 g/mol. The van der Waals surface area contributed by atoms with Crippen molar-refractivity contribution in [2.24, 2.45) is 5.41 Å². The van der Waals surface area contributed by atoms with E-state index in [1.54, 1.807) is 30.6 Å². The molecular weight excluding hydrogens is 352 g/mol. The zero-order valence-electron chi connectivity index (χ0n) is 16.7. The van der Waals surface area contributed by atoms with Crippen LogP contribution in [0.15, 0.2) is 0 Å². The summed E-state index contributed by atoms with van der Waals surface area (Å²) in [6.07, 6.45) is -0.357. The first-order valence-electron chi connectivity index (χ1n) is 9.65. The van der Waals surface area contributed by atoms with E-state index < -0.39 is 5.41 Å². The molecular formula is C18H32N4O5. The van der Waals surface area contributed by atoms with Crippen LogP contribution in [0.2, 0.25) is 0 Å². The number of morpholine rings is 1. The molecule has 0 bridgehead atoms. The first-order chi connectivity index (χ1) is 12.9. The highest BCUT2D eigenvalue weighted by Gasteiger charge is 2.40. The van der Waals surface area contributed by atoms with Crippen LogP contribution in [-0.4, -0.2) is 105 Å². The first-order valence-corrected chi connectivity index (χ1v) is 9.65. The standard InChI is InChI=1S/C18H32N4O5/c1-4-27-17(25)22-9-7-21(8-10-22)16(24)18(2,3)15(23)19-5-6-20-11-13-26-14-12-20/h4-14H2,1-3H3,(H,19,23). The van der Waals surface area contributed by atoms with Crippen molar-refractivity contribution in [1.82, 2.24) is 20.0 Å². The molecule has 0 aromatic rings. The van der Waals surface area contributed by atoms with Gasteiger partial charge < -0.3 is 24.6 Å². The Bertz CT molecular complexity index is 526. The molecule has 0 atom stereocenters. The molecule has 2 saturated heterocycles. The van der Waals surface area contributed by atoms with Gasteiger partial charge in [-0.3, -0.25) is 14.5 Å². The molecule has 3 amide bonds. The minimum atomic E-state index is -1.14. The van der Waals surface area contributed by atoms with E-state index in [0.717, 1.165) is 32.8 Å². The van der Waals surface area contributed by atoms with E-state index in [2.05, 4.69) is 10.2 Å². The summed E-state index contributed by atoms with van der Waals surface area (Å²) in [5.74, 6) is -0.483. The number of carbonyl (C=O) groups is 3. The van der Waals surface area contributed by atoms with Crippen molar-refractivity contribution < 1.29 is 23.9 Å². The van der Waals surface area contributed by atoms with E-state index >= 15 is 0 Å². The Hall–Kier alpha value is -1.87. The Labute approximate surface area is 160 Å². The van der Waals surface area contributed by atoms with Gasteiger partial charge in [0.05, 0.1) is 19.8 Å². The fourth-order valence-electron chi connectivity index (χ4n) is 3.17. The van der Waals surface area contributed by atoms with E-state index in [-0.39, 0.29) is 17.9 Å². The maximum atomic E-state index is 12.8. The van der Waals surface area contributed by atoms with Gasteiger partial charge in [-0.05, 0) is 20.8 Å². The topological polar surface area (TPSA) is 91.4 Å². The van der Waals surface area contributed by atoms with Crippen LogP contribution in [0.5, 0.6) is 0 Å². The van der Waals surface area contributed by atoms with Gasteiger partial charge in [0.2, 0.25) is 11.8 Å². The summed E-state index contributed by atoms with van der Waals surface area (Å²) in [6.45, 7) is 11.5. The van der Waals surface area contributed by atoms with Crippen molar-refractivity contribution in [3.8, 4) is 0 Å². The van der Waals surface area contributed by atoms with Crippen LogP contribution in [0.4, 0.5) is 4.79 Å². The Morgan fingerprint density at radius 3 is 2.19 bits per heavy atom. The third-order valence-corrected chi connectivity index (χ3v) is 5.01. The van der Waals surface area contributed by atoms with Crippen LogP contribution in [0.25, 0.3) is 0 Å². The number of nitrogens with zero attached hydrogens (tertiary/aromatic N) is 3. The summed E-state index contributed by atoms with van der Waals surface area (Å²) in [4.78, 5) is 42.6. The lowest BCUT2D eigenvalue weighted by Crippen LogP contribution is -2.56. The second-order valence-electron chi connectivity index (χ2n) is 7.31. The van der Waals surface area contributed by atoms with Gasteiger partial charge in [-0.15, -0.1) is 0 Å². The normalized spacial score (nSPS) is 18.9. The molecule has 1 N–H and O–H groups in total. The lowest BCUT2D eigenvalue weighted by atomic mass is 9.90. The summed E-state index contributed by atoms with van der Waals surface area (Å²) >= 11 is 0. The van der Waals surface area contributed by atoms with Crippen LogP contribution in [0.3, 0.4) is 0 Å². The average Bonchev–Trinajstić information content (AvgIpc) is 2.68.